The van der Waals surface area contributed by atoms with E-state index in [2.05, 4.69) is 10.1 Å². The summed E-state index contributed by atoms with van der Waals surface area (Å²) >= 11 is 0. The van der Waals surface area contributed by atoms with Gasteiger partial charge in [-0.1, -0.05) is 0 Å². The summed E-state index contributed by atoms with van der Waals surface area (Å²) in [5.74, 6) is -0.881. The van der Waals surface area contributed by atoms with Crippen LogP contribution in [0.25, 0.3) is 5.82 Å². The van der Waals surface area contributed by atoms with E-state index >= 15 is 0 Å². The van der Waals surface area contributed by atoms with Crippen molar-refractivity contribution >= 4 is 11.7 Å². The molecule has 0 amide bonds. The lowest BCUT2D eigenvalue weighted by Crippen LogP contribution is -2.04. The summed E-state index contributed by atoms with van der Waals surface area (Å²) in [5.41, 5.74) is 0.652. The number of pyridine rings is 1. The van der Waals surface area contributed by atoms with Crippen LogP contribution in [0.3, 0.4) is 0 Å². The number of hydrogen-bond acceptors (Lipinski definition) is 5. The highest BCUT2D eigenvalue weighted by molar-refractivity contribution is 5.90. The molecule has 0 aromatic carbocycles. The molecule has 2 aromatic rings. The van der Waals surface area contributed by atoms with Gasteiger partial charge in [-0.15, -0.1) is 0 Å². The van der Waals surface area contributed by atoms with Crippen LogP contribution < -0.4 is 0 Å². The van der Waals surface area contributed by atoms with Crippen LogP contribution in [-0.4, -0.2) is 30.8 Å². The van der Waals surface area contributed by atoms with Gasteiger partial charge in [0, 0.05) is 12.3 Å². The molecule has 0 spiro atoms. The normalized spacial score (nSPS) is 10.4. The minimum Gasteiger partial charge on any atom is -0.478 e. The topological polar surface area (TPSA) is 111 Å². The summed E-state index contributed by atoms with van der Waals surface area (Å²) in [4.78, 5) is 25.2. The predicted octanol–water partition coefficient (Wildman–Crippen LogP) is 1.49. The average Bonchev–Trinajstić information content (AvgIpc) is 2.65. The molecule has 0 fully saturated rings. The van der Waals surface area contributed by atoms with Gasteiger partial charge in [-0.2, -0.15) is 5.10 Å². The maximum absolute atomic E-state index is 11.1. The molecule has 8 heteroatoms. The van der Waals surface area contributed by atoms with Crippen molar-refractivity contribution in [1.82, 2.24) is 14.8 Å². The van der Waals surface area contributed by atoms with Gasteiger partial charge in [0.25, 0.3) is 5.69 Å². The van der Waals surface area contributed by atoms with Gasteiger partial charge in [-0.25, -0.2) is 14.5 Å². The lowest BCUT2D eigenvalue weighted by atomic mass is 10.2. The van der Waals surface area contributed by atoms with Gasteiger partial charge in [-0.05, 0) is 13.8 Å². The monoisotopic (exact) mass is 262 g/mol. The lowest BCUT2D eigenvalue weighted by Gasteiger charge is -2.02. The van der Waals surface area contributed by atoms with Crippen molar-refractivity contribution in [2.45, 2.75) is 13.8 Å². The zero-order valence-corrected chi connectivity index (χ0v) is 10.2. The number of aryl methyl sites for hydroxylation is 1. The number of nitrogens with zero attached hydrogens (tertiary/aromatic N) is 4. The molecule has 2 heterocycles. The molecule has 0 saturated heterocycles. The van der Waals surface area contributed by atoms with E-state index in [1.54, 1.807) is 13.8 Å². The lowest BCUT2D eigenvalue weighted by molar-refractivity contribution is -0.384. The molecule has 2 aromatic heterocycles. The highest BCUT2D eigenvalue weighted by Crippen LogP contribution is 2.19. The van der Waals surface area contributed by atoms with Crippen molar-refractivity contribution in [3.63, 3.8) is 0 Å². The van der Waals surface area contributed by atoms with Crippen molar-refractivity contribution < 1.29 is 14.8 Å². The first kappa shape index (κ1) is 12.7. The van der Waals surface area contributed by atoms with Crippen molar-refractivity contribution in [1.29, 1.82) is 0 Å². The van der Waals surface area contributed by atoms with E-state index < -0.39 is 10.9 Å². The van der Waals surface area contributed by atoms with Gasteiger partial charge in [0.15, 0.2) is 5.82 Å². The molecule has 0 aliphatic rings. The zero-order chi connectivity index (χ0) is 14.2. The van der Waals surface area contributed by atoms with Crippen molar-refractivity contribution in [2.75, 3.05) is 0 Å². The van der Waals surface area contributed by atoms with Crippen molar-refractivity contribution in [3.8, 4) is 5.82 Å². The van der Waals surface area contributed by atoms with Crippen LogP contribution in [0.2, 0.25) is 0 Å². The highest BCUT2D eigenvalue weighted by Gasteiger charge is 2.20. The number of aromatic carboxylic acids is 1. The van der Waals surface area contributed by atoms with E-state index in [0.29, 0.717) is 11.4 Å². The number of nitro groups is 1. The first-order valence-electron chi connectivity index (χ1n) is 5.32. The number of aromatic nitrogens is 3. The Bertz CT molecular complexity index is 677. The zero-order valence-electron chi connectivity index (χ0n) is 10.2. The van der Waals surface area contributed by atoms with Gasteiger partial charge >= 0.3 is 5.97 Å². The molecule has 1 N–H and O–H groups in total. The number of carboxylic acid groups (broad SMARTS) is 1. The van der Waals surface area contributed by atoms with Crippen LogP contribution in [0.1, 0.15) is 21.7 Å². The first-order valence-corrected chi connectivity index (χ1v) is 5.32. The van der Waals surface area contributed by atoms with Gasteiger partial charge in [0.1, 0.15) is 5.56 Å². The molecule has 0 saturated carbocycles. The second-order valence-electron chi connectivity index (χ2n) is 3.89. The Kier molecular flexibility index (Phi) is 2.99. The fourth-order valence-corrected chi connectivity index (χ4v) is 1.81. The van der Waals surface area contributed by atoms with E-state index in [-0.39, 0.29) is 17.1 Å². The molecule has 0 bridgehead atoms. The summed E-state index contributed by atoms with van der Waals surface area (Å²) in [5, 5.41) is 23.8. The number of carbonyl (C=O) groups is 1. The summed E-state index contributed by atoms with van der Waals surface area (Å²) in [6, 6.07) is 2.50. The van der Waals surface area contributed by atoms with Crippen LogP contribution in [0.4, 0.5) is 5.69 Å². The number of hydrogen-bond donors (Lipinski definition) is 1. The van der Waals surface area contributed by atoms with Gasteiger partial charge in [0.05, 0.1) is 22.4 Å². The minimum absolute atomic E-state index is 0.0771. The summed E-state index contributed by atoms with van der Waals surface area (Å²) in [6.07, 6.45) is 1.28. The Morgan fingerprint density at radius 3 is 2.68 bits per heavy atom. The van der Waals surface area contributed by atoms with E-state index in [4.69, 9.17) is 5.11 Å². The van der Waals surface area contributed by atoms with E-state index in [1.165, 1.54) is 23.0 Å². The third kappa shape index (κ3) is 2.15. The Hall–Kier alpha value is -2.77. The third-order valence-electron chi connectivity index (χ3n) is 2.66. The molecule has 0 atom stereocenters. The second kappa shape index (κ2) is 4.48. The minimum atomic E-state index is -1.09. The fourth-order valence-electron chi connectivity index (χ4n) is 1.81. The van der Waals surface area contributed by atoms with Crippen molar-refractivity contribution in [3.05, 3.63) is 45.4 Å². The molecule has 98 valence electrons. The molecule has 0 aliphatic carbocycles. The smallest absolute Gasteiger partial charge is 0.339 e. The SMILES string of the molecule is Cc1nn(-c2cc([N+](=O)[O-])ccn2)c(C)c1C(=O)O. The molecule has 19 heavy (non-hydrogen) atoms. The quantitative estimate of drug-likeness (QED) is 0.662. The summed E-state index contributed by atoms with van der Waals surface area (Å²) < 4.78 is 1.28. The number of rotatable bonds is 3. The molecular weight excluding hydrogens is 252 g/mol. The molecule has 0 aliphatic heterocycles. The Labute approximate surface area is 107 Å². The third-order valence-corrected chi connectivity index (χ3v) is 2.66. The maximum Gasteiger partial charge on any atom is 0.339 e. The fraction of sp³-hybridized carbons (Fsp3) is 0.182. The standard InChI is InChI=1S/C11H10N4O4/c1-6-10(11(16)17)7(2)14(13-6)9-5-8(15(18)19)3-4-12-9/h3-5H,1-2H3,(H,16,17). The first-order chi connectivity index (χ1) is 8.91. The Morgan fingerprint density at radius 1 is 1.47 bits per heavy atom. The molecule has 2 rings (SSSR count). The Morgan fingerprint density at radius 2 is 2.16 bits per heavy atom. The van der Waals surface area contributed by atoms with E-state index in [0.717, 1.165) is 0 Å². The van der Waals surface area contributed by atoms with Gasteiger partial charge in [0.2, 0.25) is 0 Å². The van der Waals surface area contributed by atoms with Crippen LogP contribution in [0, 0.1) is 24.0 Å². The highest BCUT2D eigenvalue weighted by atomic mass is 16.6. The largest absolute Gasteiger partial charge is 0.478 e. The molecule has 0 unspecified atom stereocenters. The van der Waals surface area contributed by atoms with E-state index in [1.807, 2.05) is 0 Å². The van der Waals surface area contributed by atoms with Crippen LogP contribution >= 0.6 is 0 Å². The van der Waals surface area contributed by atoms with Crippen molar-refractivity contribution in [2.24, 2.45) is 0 Å². The summed E-state index contributed by atoms with van der Waals surface area (Å²) in [6.45, 7) is 3.13. The second-order valence-corrected chi connectivity index (χ2v) is 3.89. The molecular formula is C11H10N4O4. The van der Waals surface area contributed by atoms with Gasteiger partial charge in [-0.3, -0.25) is 10.1 Å². The summed E-state index contributed by atoms with van der Waals surface area (Å²) in [7, 11) is 0. The van der Waals surface area contributed by atoms with Crippen LogP contribution in [0.15, 0.2) is 18.3 Å². The van der Waals surface area contributed by atoms with Crippen LogP contribution in [0.5, 0.6) is 0 Å². The van der Waals surface area contributed by atoms with Gasteiger partial charge < -0.3 is 5.11 Å². The molecule has 0 radical (unpaired) electrons. The Balaban J connectivity index is 2.60. The average molecular weight is 262 g/mol. The van der Waals surface area contributed by atoms with E-state index in [9.17, 15) is 14.9 Å². The molecule has 8 nitrogen and oxygen atoms in total. The number of carboxylic acids is 1. The predicted molar refractivity (Wildman–Crippen MR) is 64.4 cm³/mol. The van der Waals surface area contributed by atoms with Crippen LogP contribution in [-0.2, 0) is 0 Å². The maximum atomic E-state index is 11.1.